The van der Waals surface area contributed by atoms with Gasteiger partial charge in [-0.05, 0) is 31.4 Å². The van der Waals surface area contributed by atoms with Gasteiger partial charge < -0.3 is 30.6 Å². The molecule has 1 aliphatic carbocycles. The average Bonchev–Trinajstić information content (AvgIpc) is 3.60. The lowest BCUT2D eigenvalue weighted by Gasteiger charge is -2.48. The van der Waals surface area contributed by atoms with Gasteiger partial charge in [-0.2, -0.15) is 20.2 Å². The van der Waals surface area contributed by atoms with Gasteiger partial charge in [-0.15, -0.1) is 11.3 Å². The Morgan fingerprint density at radius 3 is 2.77 bits per heavy atom. The Hall–Kier alpha value is -4.44. The Morgan fingerprint density at radius 2 is 2.05 bits per heavy atom. The number of ether oxygens (including phenoxy) is 1. The minimum Gasteiger partial charge on any atom is -0.463 e. The van der Waals surface area contributed by atoms with Crippen LogP contribution >= 0.6 is 11.3 Å². The quantitative estimate of drug-likeness (QED) is 0.328. The van der Waals surface area contributed by atoms with Crippen molar-refractivity contribution in [2.75, 3.05) is 48.0 Å². The molecule has 4 aromatic rings. The molecular weight excluding hydrogens is 526 g/mol. The second-order valence-electron chi connectivity index (χ2n) is 10.4. The zero-order valence-corrected chi connectivity index (χ0v) is 23.5. The van der Waals surface area contributed by atoms with E-state index >= 15 is 0 Å². The number of nitrogen functional groups attached to an aromatic ring is 2. The fourth-order valence-corrected chi connectivity index (χ4v) is 6.84. The Bertz CT molecular complexity index is 1600. The molecule has 13 heteroatoms. The number of aromatic nitrogens is 6. The molecule has 4 N–H and O–H groups in total. The van der Waals surface area contributed by atoms with Crippen LogP contribution in [0.3, 0.4) is 0 Å². The van der Waals surface area contributed by atoms with Crippen molar-refractivity contribution in [1.82, 2.24) is 29.5 Å². The number of imidazole rings is 1. The molecule has 1 aliphatic heterocycles. The smallest absolute Gasteiger partial charge is 0.323 e. The van der Waals surface area contributed by atoms with E-state index in [2.05, 4.69) is 25.9 Å². The molecule has 12 nitrogen and oxygen atoms in total. The summed E-state index contributed by atoms with van der Waals surface area (Å²) in [5.41, 5.74) is 14.9. The van der Waals surface area contributed by atoms with Crippen LogP contribution in [-0.2, 0) is 25.3 Å². The van der Waals surface area contributed by atoms with E-state index in [1.807, 2.05) is 48.8 Å². The number of nitriles is 1. The number of thiophene rings is 1. The maximum atomic E-state index is 9.76. The third-order valence-corrected chi connectivity index (χ3v) is 9.12. The molecule has 6 rings (SSSR count). The molecule has 4 aromatic heterocycles. The largest absolute Gasteiger partial charge is 0.463 e. The molecule has 2 aliphatic rings. The van der Waals surface area contributed by atoms with Gasteiger partial charge in [0, 0.05) is 68.1 Å². The van der Waals surface area contributed by atoms with E-state index in [1.54, 1.807) is 23.7 Å². The number of pyridine rings is 1. The van der Waals surface area contributed by atoms with Crippen LogP contribution in [0.25, 0.3) is 0 Å². The van der Waals surface area contributed by atoms with E-state index in [-0.39, 0.29) is 17.5 Å². The molecular formula is C27H31N11OS. The summed E-state index contributed by atoms with van der Waals surface area (Å²) in [4.78, 5) is 28.1. The van der Waals surface area contributed by atoms with E-state index in [0.29, 0.717) is 54.4 Å². The number of fused-ring (bicyclic) bond motifs is 2. The second-order valence-corrected chi connectivity index (χ2v) is 11.6. The zero-order valence-electron chi connectivity index (χ0n) is 22.7. The lowest BCUT2D eigenvalue weighted by Crippen LogP contribution is -2.59. The lowest BCUT2D eigenvalue weighted by molar-refractivity contribution is 0.287. The van der Waals surface area contributed by atoms with Gasteiger partial charge in [0.2, 0.25) is 11.9 Å². The zero-order chi connectivity index (χ0) is 28.0. The Balaban J connectivity index is 1.28. The van der Waals surface area contributed by atoms with Gasteiger partial charge in [-0.3, -0.25) is 0 Å². The summed E-state index contributed by atoms with van der Waals surface area (Å²) in [5.74, 6) is 2.39. The number of anilines is 4. The van der Waals surface area contributed by atoms with Crippen molar-refractivity contribution in [3.05, 3.63) is 58.1 Å². The van der Waals surface area contributed by atoms with Crippen LogP contribution in [0.15, 0.2) is 30.7 Å². The first-order valence-corrected chi connectivity index (χ1v) is 14.0. The number of rotatable bonds is 8. The first-order chi connectivity index (χ1) is 19.3. The van der Waals surface area contributed by atoms with E-state index in [1.165, 1.54) is 4.88 Å². The highest BCUT2D eigenvalue weighted by Crippen LogP contribution is 2.52. The predicted molar refractivity (Wildman–Crippen MR) is 153 cm³/mol. The van der Waals surface area contributed by atoms with Crippen molar-refractivity contribution >= 4 is 34.1 Å². The van der Waals surface area contributed by atoms with E-state index in [0.717, 1.165) is 29.8 Å². The van der Waals surface area contributed by atoms with Crippen LogP contribution in [0.1, 0.15) is 46.8 Å². The molecule has 1 fully saturated rings. The molecule has 1 unspecified atom stereocenters. The van der Waals surface area contributed by atoms with E-state index < -0.39 is 0 Å². The fourth-order valence-electron chi connectivity index (χ4n) is 5.70. The van der Waals surface area contributed by atoms with E-state index in [9.17, 15) is 5.26 Å². The Labute approximate surface area is 236 Å². The van der Waals surface area contributed by atoms with Crippen molar-refractivity contribution in [3.8, 4) is 12.1 Å². The summed E-state index contributed by atoms with van der Waals surface area (Å²) in [7, 11) is 3.87. The van der Waals surface area contributed by atoms with Gasteiger partial charge in [0.1, 0.15) is 22.7 Å². The maximum absolute atomic E-state index is 9.76. The van der Waals surface area contributed by atoms with Crippen LogP contribution in [0, 0.1) is 11.3 Å². The number of nitrogens with two attached hydrogens (primary N) is 2. The van der Waals surface area contributed by atoms with Crippen LogP contribution in [0.5, 0.6) is 6.01 Å². The number of hydrogen-bond donors (Lipinski definition) is 2. The van der Waals surface area contributed by atoms with Crippen LogP contribution in [-0.4, -0.2) is 56.2 Å². The summed E-state index contributed by atoms with van der Waals surface area (Å²) in [6.07, 6.45) is 7.89. The number of aryl methyl sites for hydroxylation is 2. The summed E-state index contributed by atoms with van der Waals surface area (Å²) in [5, 5.41) is 10.4. The SMILES string of the molecule is CC(c1cccnc1N)N(C)c1nc(OCCc2nccn2C)nc(N2CC3(CCc4sc(N)c(C#N)c43)C2)n1. The summed E-state index contributed by atoms with van der Waals surface area (Å²) < 4.78 is 8.00. The average molecular weight is 558 g/mol. The van der Waals surface area contributed by atoms with Crippen molar-refractivity contribution in [2.45, 2.75) is 37.6 Å². The molecule has 0 bridgehead atoms. The fraction of sp³-hybridized carbons (Fsp3) is 0.407. The van der Waals surface area contributed by atoms with Gasteiger partial charge in [0.05, 0.1) is 18.2 Å². The summed E-state index contributed by atoms with van der Waals surface area (Å²) in [6.45, 7) is 3.81. The predicted octanol–water partition coefficient (Wildman–Crippen LogP) is 2.62. The van der Waals surface area contributed by atoms with Gasteiger partial charge in [0.15, 0.2) is 0 Å². The molecule has 1 saturated heterocycles. The number of hydrogen-bond acceptors (Lipinski definition) is 12. The van der Waals surface area contributed by atoms with Crippen molar-refractivity contribution < 1.29 is 4.74 Å². The molecule has 40 heavy (non-hydrogen) atoms. The van der Waals surface area contributed by atoms with Crippen molar-refractivity contribution in [1.29, 1.82) is 5.26 Å². The van der Waals surface area contributed by atoms with Gasteiger partial charge in [-0.25, -0.2) is 9.97 Å². The summed E-state index contributed by atoms with van der Waals surface area (Å²) >= 11 is 1.54. The van der Waals surface area contributed by atoms with Crippen LogP contribution in [0.2, 0.25) is 0 Å². The third-order valence-electron chi connectivity index (χ3n) is 8.04. The molecule has 0 saturated carbocycles. The third kappa shape index (κ3) is 4.34. The molecule has 1 spiro atoms. The lowest BCUT2D eigenvalue weighted by atomic mass is 9.74. The second kappa shape index (κ2) is 9.95. The Kier molecular flexibility index (Phi) is 6.42. The topological polar surface area (TPSA) is 161 Å². The highest BCUT2D eigenvalue weighted by Gasteiger charge is 2.52. The molecule has 0 amide bonds. The molecule has 5 heterocycles. The van der Waals surface area contributed by atoms with Crippen molar-refractivity contribution in [2.24, 2.45) is 7.05 Å². The molecule has 206 valence electrons. The highest BCUT2D eigenvalue weighted by atomic mass is 32.1. The van der Waals surface area contributed by atoms with Crippen LogP contribution < -0.4 is 26.0 Å². The van der Waals surface area contributed by atoms with Gasteiger partial charge in [0.25, 0.3) is 0 Å². The molecule has 0 radical (unpaired) electrons. The molecule has 0 aromatic carbocycles. The van der Waals surface area contributed by atoms with Gasteiger partial charge >= 0.3 is 6.01 Å². The van der Waals surface area contributed by atoms with Gasteiger partial charge in [-0.1, -0.05) is 6.07 Å². The normalized spacial score (nSPS) is 15.9. The standard InChI is InChI=1S/C27H31N11OS/c1-16(17-5-4-9-32-22(17)29)37(3)24-33-25(35-26(34-24)39-12-7-20-31-10-11-36(20)2)38-14-27(15-38)8-6-19-21(27)18(13-28)23(30)40-19/h4-5,9-11,16H,6-8,12,14-15,30H2,1-3H3,(H2,29,32). The first kappa shape index (κ1) is 25.8. The minimum atomic E-state index is -0.142. The monoisotopic (exact) mass is 557 g/mol. The van der Waals surface area contributed by atoms with E-state index in [4.69, 9.17) is 26.2 Å². The number of nitrogens with zero attached hydrogens (tertiary/aromatic N) is 9. The molecule has 1 atom stereocenters. The highest BCUT2D eigenvalue weighted by molar-refractivity contribution is 7.16. The maximum Gasteiger partial charge on any atom is 0.323 e. The summed E-state index contributed by atoms with van der Waals surface area (Å²) in [6, 6.07) is 6.26. The Morgan fingerprint density at radius 1 is 1.23 bits per heavy atom. The minimum absolute atomic E-state index is 0.107. The first-order valence-electron chi connectivity index (χ1n) is 13.1. The van der Waals surface area contributed by atoms with Crippen LogP contribution in [0.4, 0.5) is 22.7 Å². The van der Waals surface area contributed by atoms with Crippen molar-refractivity contribution in [3.63, 3.8) is 0 Å².